The van der Waals surface area contributed by atoms with E-state index in [1.165, 1.54) is 0 Å². The van der Waals surface area contributed by atoms with Crippen LogP contribution in [0, 0.1) is 18.7 Å². The van der Waals surface area contributed by atoms with Gasteiger partial charge in [0.1, 0.15) is 5.82 Å². The zero-order valence-corrected chi connectivity index (χ0v) is 13.0. The molecule has 0 aromatic heterocycles. The van der Waals surface area contributed by atoms with E-state index in [0.29, 0.717) is 11.5 Å². The number of rotatable bonds is 3. The summed E-state index contributed by atoms with van der Waals surface area (Å²) >= 11 is 0. The van der Waals surface area contributed by atoms with Gasteiger partial charge in [-0.1, -0.05) is 12.1 Å². The van der Waals surface area contributed by atoms with Gasteiger partial charge in [-0.15, -0.1) is 0 Å². The highest BCUT2D eigenvalue weighted by molar-refractivity contribution is 5.26. The molecule has 1 fully saturated rings. The topological polar surface area (TPSA) is 21.3 Å². The predicted molar refractivity (Wildman–Crippen MR) is 80.3 cm³/mol. The van der Waals surface area contributed by atoms with Crippen molar-refractivity contribution >= 4 is 0 Å². The molecule has 0 aliphatic carbocycles. The molecule has 1 aliphatic rings. The van der Waals surface area contributed by atoms with Crippen molar-refractivity contribution in [2.24, 2.45) is 5.92 Å². The molecule has 112 valence electrons. The van der Waals surface area contributed by atoms with Gasteiger partial charge < -0.3 is 10.1 Å². The Morgan fingerprint density at radius 2 is 2.10 bits per heavy atom. The first-order valence-corrected chi connectivity index (χ1v) is 7.49. The van der Waals surface area contributed by atoms with Gasteiger partial charge in [0.15, 0.2) is 0 Å². The summed E-state index contributed by atoms with van der Waals surface area (Å²) in [5, 5.41) is 3.56. The van der Waals surface area contributed by atoms with Crippen molar-refractivity contribution in [2.45, 2.75) is 52.2 Å². The Morgan fingerprint density at radius 3 is 2.75 bits per heavy atom. The molecule has 3 heteroatoms. The Balaban J connectivity index is 2.11. The maximum Gasteiger partial charge on any atom is 0.126 e. The molecule has 20 heavy (non-hydrogen) atoms. The fourth-order valence-corrected chi connectivity index (χ4v) is 2.70. The summed E-state index contributed by atoms with van der Waals surface area (Å²) in [6.07, 6.45) is 2.34. The van der Waals surface area contributed by atoms with Crippen molar-refractivity contribution in [3.63, 3.8) is 0 Å². The van der Waals surface area contributed by atoms with E-state index in [9.17, 15) is 4.39 Å². The van der Waals surface area contributed by atoms with Crippen LogP contribution in [-0.2, 0) is 4.74 Å². The summed E-state index contributed by atoms with van der Waals surface area (Å²) in [6, 6.07) is 5.34. The summed E-state index contributed by atoms with van der Waals surface area (Å²) in [6.45, 7) is 10.1. The Morgan fingerprint density at radius 1 is 1.35 bits per heavy atom. The first-order chi connectivity index (χ1) is 9.37. The monoisotopic (exact) mass is 279 g/mol. The van der Waals surface area contributed by atoms with Crippen LogP contribution in [0.15, 0.2) is 18.2 Å². The lowest BCUT2D eigenvalue weighted by Gasteiger charge is -2.34. The molecule has 2 nitrogen and oxygen atoms in total. The van der Waals surface area contributed by atoms with Crippen molar-refractivity contribution in [3.8, 4) is 0 Å². The summed E-state index contributed by atoms with van der Waals surface area (Å²) < 4.78 is 19.4. The van der Waals surface area contributed by atoms with E-state index in [2.05, 4.69) is 26.1 Å². The largest absolute Gasteiger partial charge is 0.373 e. The third-order valence-electron chi connectivity index (χ3n) is 3.85. The average molecular weight is 279 g/mol. The molecule has 2 atom stereocenters. The van der Waals surface area contributed by atoms with Crippen LogP contribution in [0.4, 0.5) is 4.39 Å². The minimum atomic E-state index is -0.145. The second-order valence-corrected chi connectivity index (χ2v) is 6.83. The molecule has 1 aliphatic heterocycles. The Bertz CT molecular complexity index is 453. The zero-order chi connectivity index (χ0) is 14.8. The minimum absolute atomic E-state index is 0.0814. The van der Waals surface area contributed by atoms with Crippen LogP contribution in [0.5, 0.6) is 0 Å². The highest BCUT2D eigenvalue weighted by Gasteiger charge is 2.28. The van der Waals surface area contributed by atoms with Crippen LogP contribution < -0.4 is 5.32 Å². The first-order valence-electron chi connectivity index (χ1n) is 7.49. The maximum absolute atomic E-state index is 13.4. The van der Waals surface area contributed by atoms with Crippen LogP contribution in [0.25, 0.3) is 0 Å². The van der Waals surface area contributed by atoms with Gasteiger partial charge in [0.25, 0.3) is 0 Å². The summed E-state index contributed by atoms with van der Waals surface area (Å²) in [5.74, 6) is 0.307. The molecule has 0 radical (unpaired) electrons. The van der Waals surface area contributed by atoms with Crippen LogP contribution >= 0.6 is 0 Å². The molecule has 2 rings (SSSR count). The van der Waals surface area contributed by atoms with Gasteiger partial charge in [-0.05, 0) is 57.7 Å². The molecule has 0 amide bonds. The lowest BCUT2D eigenvalue weighted by molar-refractivity contribution is -0.0293. The minimum Gasteiger partial charge on any atom is -0.373 e. The maximum atomic E-state index is 13.4. The molecule has 2 unspecified atom stereocenters. The van der Waals surface area contributed by atoms with Crippen molar-refractivity contribution in [3.05, 3.63) is 35.1 Å². The number of hydrogen-bond donors (Lipinski definition) is 1. The summed E-state index contributed by atoms with van der Waals surface area (Å²) in [4.78, 5) is 0. The summed E-state index contributed by atoms with van der Waals surface area (Å²) in [7, 11) is 0. The van der Waals surface area contributed by atoms with Gasteiger partial charge in [0, 0.05) is 24.6 Å². The van der Waals surface area contributed by atoms with Gasteiger partial charge in [-0.25, -0.2) is 4.39 Å². The number of hydrogen-bond acceptors (Lipinski definition) is 2. The Kier molecular flexibility index (Phi) is 4.82. The second-order valence-electron chi connectivity index (χ2n) is 6.83. The molecule has 1 saturated heterocycles. The van der Waals surface area contributed by atoms with Crippen molar-refractivity contribution in [2.75, 3.05) is 13.2 Å². The molecule has 1 aromatic rings. The SMILES string of the molecule is Cc1cc(C2OCCCC2CNC(C)(C)C)ccc1F. The number of halogens is 1. The van der Waals surface area contributed by atoms with E-state index in [4.69, 9.17) is 4.74 Å². The van der Waals surface area contributed by atoms with Crippen molar-refractivity contribution < 1.29 is 9.13 Å². The van der Waals surface area contributed by atoms with Crippen molar-refractivity contribution in [1.82, 2.24) is 5.32 Å². The molecule has 0 bridgehead atoms. The highest BCUT2D eigenvalue weighted by atomic mass is 19.1. The van der Waals surface area contributed by atoms with E-state index < -0.39 is 0 Å². The molecular formula is C17H26FNO. The van der Waals surface area contributed by atoms with E-state index in [1.807, 2.05) is 19.1 Å². The fraction of sp³-hybridized carbons (Fsp3) is 0.647. The third kappa shape index (κ3) is 4.03. The van der Waals surface area contributed by atoms with Crippen molar-refractivity contribution in [1.29, 1.82) is 0 Å². The fourth-order valence-electron chi connectivity index (χ4n) is 2.70. The van der Waals surface area contributed by atoms with Crippen LogP contribution in [-0.4, -0.2) is 18.7 Å². The number of aryl methyl sites for hydroxylation is 1. The Labute approximate surface area is 121 Å². The van der Waals surface area contributed by atoms with Crippen LogP contribution in [0.2, 0.25) is 0 Å². The standard InChI is InChI=1S/C17H26FNO/c1-12-10-13(7-8-15(12)18)16-14(6-5-9-20-16)11-19-17(2,3)4/h7-8,10,14,16,19H,5-6,9,11H2,1-4H3. The smallest absolute Gasteiger partial charge is 0.126 e. The highest BCUT2D eigenvalue weighted by Crippen LogP contribution is 2.34. The first kappa shape index (κ1) is 15.5. The number of ether oxygens (including phenoxy) is 1. The lowest BCUT2D eigenvalue weighted by atomic mass is 9.88. The molecule has 1 aromatic carbocycles. The predicted octanol–water partition coefficient (Wildman–Crippen LogP) is 3.99. The molecular weight excluding hydrogens is 253 g/mol. The van der Waals surface area contributed by atoms with Gasteiger partial charge in [-0.2, -0.15) is 0 Å². The van der Waals surface area contributed by atoms with E-state index in [0.717, 1.165) is 31.6 Å². The second kappa shape index (κ2) is 6.23. The van der Waals surface area contributed by atoms with Gasteiger partial charge in [0.2, 0.25) is 0 Å². The van der Waals surface area contributed by atoms with Crippen LogP contribution in [0.3, 0.4) is 0 Å². The molecule has 0 spiro atoms. The quantitative estimate of drug-likeness (QED) is 0.903. The average Bonchev–Trinajstić information content (AvgIpc) is 2.39. The van der Waals surface area contributed by atoms with Gasteiger partial charge in [-0.3, -0.25) is 0 Å². The van der Waals surface area contributed by atoms with Gasteiger partial charge >= 0.3 is 0 Å². The normalized spacial score (nSPS) is 23.9. The van der Waals surface area contributed by atoms with E-state index in [-0.39, 0.29) is 17.5 Å². The van der Waals surface area contributed by atoms with Gasteiger partial charge in [0.05, 0.1) is 6.10 Å². The number of benzene rings is 1. The zero-order valence-electron chi connectivity index (χ0n) is 13.0. The molecule has 0 saturated carbocycles. The van der Waals surface area contributed by atoms with E-state index >= 15 is 0 Å². The molecule has 1 heterocycles. The Hall–Kier alpha value is -0.930. The third-order valence-corrected chi connectivity index (χ3v) is 3.85. The summed E-state index contributed by atoms with van der Waals surface area (Å²) in [5.41, 5.74) is 1.91. The van der Waals surface area contributed by atoms with Crippen LogP contribution in [0.1, 0.15) is 50.8 Å². The molecule has 1 N–H and O–H groups in total. The number of nitrogens with one attached hydrogen (secondary N) is 1. The lowest BCUT2D eigenvalue weighted by Crippen LogP contribution is -2.41. The van der Waals surface area contributed by atoms with E-state index in [1.54, 1.807) is 6.07 Å².